The molecule has 9 heteroatoms. The van der Waals surface area contributed by atoms with Crippen LogP contribution in [-0.2, 0) is 6.42 Å². The zero-order valence-electron chi connectivity index (χ0n) is 14.0. The molecule has 4 aromatic rings. The summed E-state index contributed by atoms with van der Waals surface area (Å²) in [6.45, 7) is 0.651. The zero-order valence-corrected chi connectivity index (χ0v) is 14.0. The quantitative estimate of drug-likeness (QED) is 0.587. The number of hydrogen-bond donors (Lipinski definition) is 1. The Morgan fingerprint density at radius 2 is 2.22 bits per heavy atom. The van der Waals surface area contributed by atoms with E-state index in [2.05, 4.69) is 25.0 Å². The van der Waals surface area contributed by atoms with E-state index in [0.29, 0.717) is 23.6 Å². The van der Waals surface area contributed by atoms with Crippen molar-refractivity contribution in [2.75, 3.05) is 11.4 Å². The van der Waals surface area contributed by atoms with Gasteiger partial charge < -0.3 is 9.88 Å². The monoisotopic (exact) mass is 360 g/mol. The van der Waals surface area contributed by atoms with Crippen LogP contribution in [0.15, 0.2) is 43.0 Å². The van der Waals surface area contributed by atoms with Gasteiger partial charge in [0.2, 0.25) is 5.82 Å². The van der Waals surface area contributed by atoms with Gasteiger partial charge in [-0.3, -0.25) is 0 Å². The van der Waals surface area contributed by atoms with Gasteiger partial charge >= 0.3 is 0 Å². The summed E-state index contributed by atoms with van der Waals surface area (Å²) in [5.41, 5.74) is 2.89. The van der Waals surface area contributed by atoms with Crippen molar-refractivity contribution in [3.63, 3.8) is 0 Å². The van der Waals surface area contributed by atoms with E-state index >= 15 is 0 Å². The Balaban J connectivity index is 1.69. The molecule has 5 rings (SSSR count). The van der Waals surface area contributed by atoms with Gasteiger partial charge in [-0.2, -0.15) is 10.4 Å². The summed E-state index contributed by atoms with van der Waals surface area (Å²) < 4.78 is 15.7. The van der Waals surface area contributed by atoms with Crippen molar-refractivity contribution in [2.24, 2.45) is 0 Å². The number of nitriles is 1. The molecular weight excluding hydrogens is 347 g/mol. The summed E-state index contributed by atoms with van der Waals surface area (Å²) in [4.78, 5) is 17.9. The van der Waals surface area contributed by atoms with Crippen LogP contribution in [0.3, 0.4) is 0 Å². The van der Waals surface area contributed by atoms with E-state index in [1.165, 1.54) is 10.6 Å². The summed E-state index contributed by atoms with van der Waals surface area (Å²) >= 11 is 0. The van der Waals surface area contributed by atoms with Crippen molar-refractivity contribution in [3.05, 3.63) is 71.7 Å². The normalized spacial score (nSPS) is 16.3. The zero-order chi connectivity index (χ0) is 18.4. The summed E-state index contributed by atoms with van der Waals surface area (Å²) in [6, 6.07) is 8.11. The van der Waals surface area contributed by atoms with Crippen molar-refractivity contribution < 1.29 is 4.39 Å². The molecule has 0 unspecified atom stereocenters. The van der Waals surface area contributed by atoms with Crippen LogP contribution >= 0.6 is 0 Å². The van der Waals surface area contributed by atoms with Crippen LogP contribution in [0.1, 0.15) is 28.9 Å². The Kier molecular flexibility index (Phi) is 3.36. The number of H-pyrrole nitrogens is 1. The largest absolute Gasteiger partial charge is 0.348 e. The van der Waals surface area contributed by atoms with Crippen molar-refractivity contribution in [1.29, 1.82) is 5.26 Å². The molecule has 5 heterocycles. The van der Waals surface area contributed by atoms with E-state index in [4.69, 9.17) is 5.26 Å². The van der Waals surface area contributed by atoms with Crippen LogP contribution in [0.2, 0.25) is 0 Å². The van der Waals surface area contributed by atoms with Crippen LogP contribution in [0.5, 0.6) is 0 Å². The Morgan fingerprint density at radius 3 is 3.07 bits per heavy atom. The predicted octanol–water partition coefficient (Wildman–Crippen LogP) is 2.01. The number of aromatic amines is 1. The number of aromatic nitrogens is 6. The molecule has 0 saturated heterocycles. The second-order valence-corrected chi connectivity index (χ2v) is 6.22. The highest BCUT2D eigenvalue weighted by Gasteiger charge is 2.34. The molecule has 27 heavy (non-hydrogen) atoms. The maximum absolute atomic E-state index is 14.2. The van der Waals surface area contributed by atoms with E-state index < -0.39 is 0 Å². The molecule has 4 aromatic heterocycles. The fraction of sp³-hybridized carbons (Fsp3) is 0.167. The van der Waals surface area contributed by atoms with Gasteiger partial charge in [0.25, 0.3) is 0 Å². The second kappa shape index (κ2) is 5.88. The smallest absolute Gasteiger partial charge is 0.234 e. The van der Waals surface area contributed by atoms with Crippen LogP contribution in [0, 0.1) is 17.1 Å². The molecule has 1 atom stereocenters. The van der Waals surface area contributed by atoms with Crippen LogP contribution < -0.4 is 4.90 Å². The predicted molar refractivity (Wildman–Crippen MR) is 93.4 cm³/mol. The Bertz CT molecular complexity index is 1190. The second-order valence-electron chi connectivity index (χ2n) is 6.22. The molecule has 0 aliphatic carbocycles. The van der Waals surface area contributed by atoms with Gasteiger partial charge in [0.15, 0.2) is 0 Å². The summed E-state index contributed by atoms with van der Waals surface area (Å²) in [5, 5.41) is 13.7. The van der Waals surface area contributed by atoms with Gasteiger partial charge in [0, 0.05) is 31.1 Å². The first-order valence-electron chi connectivity index (χ1n) is 8.40. The first kappa shape index (κ1) is 15.5. The molecular formula is C18H13FN8. The molecule has 0 amide bonds. The maximum Gasteiger partial charge on any atom is 0.234 e. The lowest BCUT2D eigenvalue weighted by Crippen LogP contribution is -2.37. The number of anilines is 1. The lowest BCUT2D eigenvalue weighted by molar-refractivity contribution is 0.608. The third-order valence-corrected chi connectivity index (χ3v) is 4.71. The third-order valence-electron chi connectivity index (χ3n) is 4.71. The summed E-state index contributed by atoms with van der Waals surface area (Å²) in [5.74, 6) is 0.368. The first-order chi connectivity index (χ1) is 13.2. The standard InChI is InChI=1S/C18H13FN8/c19-11-2-1-6-27-14(11)8-13(25-27)18-17-12(22-10-23-17)4-7-26(18)16-3-5-21-15(9-20)24-16/h1-3,5-6,8,10,18H,4,7H2,(H,22,23)/t18-/m1/s1. The van der Waals surface area contributed by atoms with Crippen molar-refractivity contribution in [2.45, 2.75) is 12.5 Å². The number of hydrogen-bond acceptors (Lipinski definition) is 6. The number of pyridine rings is 1. The lowest BCUT2D eigenvalue weighted by atomic mass is 9.99. The number of halogens is 1. The van der Waals surface area contributed by atoms with Crippen molar-refractivity contribution >= 4 is 11.3 Å². The van der Waals surface area contributed by atoms with Crippen LogP contribution in [0.25, 0.3) is 5.52 Å². The molecule has 1 aliphatic rings. The number of imidazole rings is 1. The minimum atomic E-state index is -0.347. The van der Waals surface area contributed by atoms with Gasteiger partial charge in [-0.1, -0.05) is 0 Å². The van der Waals surface area contributed by atoms with Crippen molar-refractivity contribution in [3.8, 4) is 6.07 Å². The highest BCUT2D eigenvalue weighted by atomic mass is 19.1. The van der Waals surface area contributed by atoms with Gasteiger partial charge in [-0.25, -0.2) is 23.9 Å². The number of rotatable bonds is 2. The molecule has 0 aromatic carbocycles. The Morgan fingerprint density at radius 1 is 1.30 bits per heavy atom. The van der Waals surface area contributed by atoms with Gasteiger partial charge in [-0.05, 0) is 24.3 Å². The fourth-order valence-electron chi connectivity index (χ4n) is 3.52. The van der Waals surface area contributed by atoms with Crippen molar-refractivity contribution in [1.82, 2.24) is 29.5 Å². The molecule has 0 bridgehead atoms. The third kappa shape index (κ3) is 2.42. The van der Waals surface area contributed by atoms with Crippen LogP contribution in [-0.4, -0.2) is 36.1 Å². The molecule has 0 fully saturated rings. The van der Waals surface area contributed by atoms with E-state index in [0.717, 1.165) is 17.8 Å². The number of nitrogens with one attached hydrogen (secondary N) is 1. The fourth-order valence-corrected chi connectivity index (χ4v) is 3.52. The minimum absolute atomic E-state index is 0.0973. The number of nitrogens with zero attached hydrogens (tertiary/aromatic N) is 7. The molecule has 8 nitrogen and oxygen atoms in total. The summed E-state index contributed by atoms with van der Waals surface area (Å²) in [7, 11) is 0. The van der Waals surface area contributed by atoms with Gasteiger partial charge in [0.1, 0.15) is 29.3 Å². The molecule has 0 spiro atoms. The highest BCUT2D eigenvalue weighted by Crippen LogP contribution is 2.35. The topological polar surface area (TPSA) is 98.8 Å². The molecule has 1 N–H and O–H groups in total. The van der Waals surface area contributed by atoms with E-state index in [-0.39, 0.29) is 17.7 Å². The average molecular weight is 360 g/mol. The average Bonchev–Trinajstić information content (AvgIpc) is 3.34. The van der Waals surface area contributed by atoms with Gasteiger partial charge in [0.05, 0.1) is 17.7 Å². The maximum atomic E-state index is 14.2. The first-order valence-corrected chi connectivity index (χ1v) is 8.40. The summed E-state index contributed by atoms with van der Waals surface area (Å²) in [6.07, 6.45) is 5.66. The van der Waals surface area contributed by atoms with E-state index in [1.54, 1.807) is 36.9 Å². The molecule has 1 aliphatic heterocycles. The van der Waals surface area contributed by atoms with Gasteiger partial charge in [-0.15, -0.1) is 0 Å². The van der Waals surface area contributed by atoms with E-state index in [9.17, 15) is 4.39 Å². The Hall–Kier alpha value is -3.80. The van der Waals surface area contributed by atoms with Crippen LogP contribution in [0.4, 0.5) is 10.2 Å². The Labute approximate surface area is 152 Å². The highest BCUT2D eigenvalue weighted by molar-refractivity contribution is 5.54. The molecule has 132 valence electrons. The molecule has 0 radical (unpaired) electrons. The molecule has 0 saturated carbocycles. The lowest BCUT2D eigenvalue weighted by Gasteiger charge is -2.34. The SMILES string of the molecule is N#Cc1nccc(N2CCc3[nH]cnc3[C@H]2c2cc3c(F)cccn3n2)n1. The minimum Gasteiger partial charge on any atom is -0.348 e. The number of fused-ring (bicyclic) bond motifs is 2. The van der Waals surface area contributed by atoms with E-state index in [1.807, 2.05) is 11.0 Å².